The molecule has 0 spiro atoms. The highest BCUT2D eigenvalue weighted by Crippen LogP contribution is 2.10. The maximum atomic E-state index is 11.9. The maximum Gasteiger partial charge on any atom is 0.222 e. The van der Waals surface area contributed by atoms with Crippen LogP contribution in [0.15, 0.2) is 24.5 Å². The van der Waals surface area contributed by atoms with E-state index in [1.807, 2.05) is 19.1 Å². The number of hydrogen-bond donors (Lipinski definition) is 2. The Kier molecular flexibility index (Phi) is 9.50. The molecular weight excluding hydrogens is 301 g/mol. The molecule has 0 bridgehead atoms. The van der Waals surface area contributed by atoms with Crippen molar-refractivity contribution in [2.75, 3.05) is 19.8 Å². The highest BCUT2D eigenvalue weighted by molar-refractivity contribution is 5.85. The zero-order valence-corrected chi connectivity index (χ0v) is 13.0. The highest BCUT2D eigenvalue weighted by atomic mass is 35.5. The van der Waals surface area contributed by atoms with Gasteiger partial charge in [-0.15, -0.1) is 24.8 Å². The molecular formula is C13H21Cl2N3O2. The number of nitrogens with one attached hydrogen (secondary N) is 2. The number of carbonyl (C=O) groups excluding carboxylic acids is 1. The molecule has 0 aromatic carbocycles. The molecule has 1 aliphatic heterocycles. The highest BCUT2D eigenvalue weighted by Gasteiger charge is 2.18. The summed E-state index contributed by atoms with van der Waals surface area (Å²) in [5, 5.41) is 6.23. The lowest BCUT2D eigenvalue weighted by Crippen LogP contribution is -2.44. The van der Waals surface area contributed by atoms with Gasteiger partial charge in [0.15, 0.2) is 0 Å². The molecule has 0 radical (unpaired) electrons. The summed E-state index contributed by atoms with van der Waals surface area (Å²) in [7, 11) is 0. The number of nitrogens with zero attached hydrogens (tertiary/aromatic N) is 1. The first-order chi connectivity index (χ1) is 8.75. The van der Waals surface area contributed by atoms with Gasteiger partial charge in [-0.05, 0) is 18.6 Å². The van der Waals surface area contributed by atoms with E-state index in [0.717, 1.165) is 18.7 Å². The molecule has 1 aliphatic rings. The fourth-order valence-electron chi connectivity index (χ4n) is 1.99. The Morgan fingerprint density at radius 2 is 2.40 bits per heavy atom. The number of morpholine rings is 1. The van der Waals surface area contributed by atoms with E-state index in [4.69, 9.17) is 4.74 Å². The second kappa shape index (κ2) is 9.94. The van der Waals surface area contributed by atoms with Gasteiger partial charge in [0, 0.05) is 31.4 Å². The molecule has 1 saturated heterocycles. The summed E-state index contributed by atoms with van der Waals surface area (Å²) in [6.07, 6.45) is 3.94. The minimum atomic E-state index is -0.0179. The van der Waals surface area contributed by atoms with Crippen LogP contribution in [0.5, 0.6) is 0 Å². The smallest absolute Gasteiger partial charge is 0.222 e. The second-order valence-corrected chi connectivity index (χ2v) is 4.51. The Hall–Kier alpha value is -0.880. The number of pyridine rings is 1. The van der Waals surface area contributed by atoms with Crippen LogP contribution in [0.3, 0.4) is 0 Å². The van der Waals surface area contributed by atoms with Crippen molar-refractivity contribution in [2.24, 2.45) is 0 Å². The number of aromatic nitrogens is 1. The van der Waals surface area contributed by atoms with Crippen molar-refractivity contribution in [2.45, 2.75) is 25.4 Å². The molecule has 1 unspecified atom stereocenters. The third-order valence-electron chi connectivity index (χ3n) is 2.99. The minimum Gasteiger partial charge on any atom is -0.378 e. The standard InChI is InChI=1S/C13H19N3O2.2ClH/c1-10(11-3-2-4-14-8-11)16-13(17)7-12-9-18-6-5-15-12;;/h2-4,8,10,12,15H,5-7,9H2,1H3,(H,16,17);2*1H/t10-,12?;;/m0../s1. The average molecular weight is 322 g/mol. The Balaban J connectivity index is 0.00000180. The topological polar surface area (TPSA) is 63.2 Å². The molecule has 114 valence electrons. The van der Waals surface area contributed by atoms with Gasteiger partial charge in [-0.25, -0.2) is 0 Å². The van der Waals surface area contributed by atoms with Crippen molar-refractivity contribution in [3.8, 4) is 0 Å². The second-order valence-electron chi connectivity index (χ2n) is 4.51. The van der Waals surface area contributed by atoms with Crippen LogP contribution in [0.4, 0.5) is 0 Å². The Morgan fingerprint density at radius 1 is 1.60 bits per heavy atom. The van der Waals surface area contributed by atoms with Crippen molar-refractivity contribution in [1.29, 1.82) is 0 Å². The molecule has 2 heterocycles. The summed E-state index contributed by atoms with van der Waals surface area (Å²) in [4.78, 5) is 15.9. The number of carbonyl (C=O) groups is 1. The molecule has 2 rings (SSSR count). The molecule has 1 aromatic rings. The van der Waals surface area contributed by atoms with Gasteiger partial charge in [0.1, 0.15) is 0 Å². The molecule has 7 heteroatoms. The molecule has 2 atom stereocenters. The van der Waals surface area contributed by atoms with Crippen LogP contribution in [0.2, 0.25) is 0 Å². The molecule has 2 N–H and O–H groups in total. The van der Waals surface area contributed by atoms with E-state index in [2.05, 4.69) is 15.6 Å². The fraction of sp³-hybridized carbons (Fsp3) is 0.538. The third-order valence-corrected chi connectivity index (χ3v) is 2.99. The van der Waals surface area contributed by atoms with E-state index in [0.29, 0.717) is 13.0 Å². The number of amides is 1. The number of hydrogen-bond acceptors (Lipinski definition) is 4. The van der Waals surface area contributed by atoms with Gasteiger partial charge in [0.2, 0.25) is 5.91 Å². The molecule has 0 saturated carbocycles. The average Bonchev–Trinajstić information content (AvgIpc) is 2.40. The van der Waals surface area contributed by atoms with E-state index in [1.165, 1.54) is 0 Å². The van der Waals surface area contributed by atoms with E-state index >= 15 is 0 Å². The van der Waals surface area contributed by atoms with Gasteiger partial charge in [-0.3, -0.25) is 9.78 Å². The van der Waals surface area contributed by atoms with Gasteiger partial charge in [-0.1, -0.05) is 6.07 Å². The van der Waals surface area contributed by atoms with Gasteiger partial charge < -0.3 is 15.4 Å². The normalized spacial score (nSPS) is 19.1. The van der Waals surface area contributed by atoms with Crippen LogP contribution in [-0.2, 0) is 9.53 Å². The monoisotopic (exact) mass is 321 g/mol. The van der Waals surface area contributed by atoms with Gasteiger partial charge in [0.05, 0.1) is 19.3 Å². The van der Waals surface area contributed by atoms with Crippen molar-refractivity contribution in [3.05, 3.63) is 30.1 Å². The lowest BCUT2D eigenvalue weighted by molar-refractivity contribution is -0.122. The van der Waals surface area contributed by atoms with Crippen LogP contribution < -0.4 is 10.6 Å². The van der Waals surface area contributed by atoms with Crippen LogP contribution in [0, 0.1) is 0 Å². The predicted molar refractivity (Wildman–Crippen MR) is 82.5 cm³/mol. The van der Waals surface area contributed by atoms with E-state index in [-0.39, 0.29) is 42.8 Å². The maximum absolute atomic E-state index is 11.9. The molecule has 1 aromatic heterocycles. The fourth-order valence-corrected chi connectivity index (χ4v) is 1.99. The Morgan fingerprint density at radius 3 is 3.00 bits per heavy atom. The molecule has 5 nitrogen and oxygen atoms in total. The van der Waals surface area contributed by atoms with Gasteiger partial charge >= 0.3 is 0 Å². The zero-order chi connectivity index (χ0) is 12.8. The lowest BCUT2D eigenvalue weighted by atomic mass is 10.1. The summed E-state index contributed by atoms with van der Waals surface area (Å²) in [5.74, 6) is 0.0364. The van der Waals surface area contributed by atoms with Crippen LogP contribution in [0.25, 0.3) is 0 Å². The molecule has 1 fully saturated rings. The lowest BCUT2D eigenvalue weighted by Gasteiger charge is -2.24. The van der Waals surface area contributed by atoms with Crippen molar-refractivity contribution >= 4 is 30.7 Å². The zero-order valence-electron chi connectivity index (χ0n) is 11.4. The van der Waals surface area contributed by atoms with Crippen molar-refractivity contribution < 1.29 is 9.53 Å². The van der Waals surface area contributed by atoms with E-state index in [9.17, 15) is 4.79 Å². The summed E-state index contributed by atoms with van der Waals surface area (Å²) in [5.41, 5.74) is 1.01. The predicted octanol–water partition coefficient (Wildman–Crippen LogP) is 1.48. The van der Waals surface area contributed by atoms with Crippen molar-refractivity contribution in [3.63, 3.8) is 0 Å². The SMILES string of the molecule is C[C@H](NC(=O)CC1COCCN1)c1cccnc1.Cl.Cl. The van der Waals surface area contributed by atoms with E-state index < -0.39 is 0 Å². The summed E-state index contributed by atoms with van der Waals surface area (Å²) < 4.78 is 5.32. The van der Waals surface area contributed by atoms with Crippen LogP contribution in [-0.4, -0.2) is 36.7 Å². The first-order valence-corrected chi connectivity index (χ1v) is 6.26. The summed E-state index contributed by atoms with van der Waals surface area (Å²) in [6, 6.07) is 3.93. The Bertz CT molecular complexity index is 386. The van der Waals surface area contributed by atoms with E-state index in [1.54, 1.807) is 12.4 Å². The molecule has 20 heavy (non-hydrogen) atoms. The first kappa shape index (κ1) is 19.1. The largest absolute Gasteiger partial charge is 0.378 e. The third kappa shape index (κ3) is 6.05. The molecule has 0 aliphatic carbocycles. The molecule has 1 amide bonds. The Labute approximate surface area is 131 Å². The van der Waals surface area contributed by atoms with Crippen LogP contribution >= 0.6 is 24.8 Å². The van der Waals surface area contributed by atoms with Gasteiger partial charge in [-0.2, -0.15) is 0 Å². The summed E-state index contributed by atoms with van der Waals surface area (Å²) >= 11 is 0. The minimum absolute atomic E-state index is 0. The quantitative estimate of drug-likeness (QED) is 0.881. The number of rotatable bonds is 4. The van der Waals surface area contributed by atoms with Crippen molar-refractivity contribution in [1.82, 2.24) is 15.6 Å². The first-order valence-electron chi connectivity index (χ1n) is 6.26. The van der Waals surface area contributed by atoms with Gasteiger partial charge in [0.25, 0.3) is 0 Å². The number of halogens is 2. The number of ether oxygens (including phenoxy) is 1. The summed E-state index contributed by atoms with van der Waals surface area (Å²) in [6.45, 7) is 4.11. The van der Waals surface area contributed by atoms with Crippen LogP contribution in [0.1, 0.15) is 24.9 Å².